The van der Waals surface area contributed by atoms with Gasteiger partial charge in [0.05, 0.1) is 6.61 Å². The molecular weight excluding hydrogens is 386 g/mol. The number of aromatic nitrogens is 4. The Morgan fingerprint density at radius 3 is 2.45 bits per heavy atom. The first-order valence-electron chi connectivity index (χ1n) is 9.10. The Labute approximate surface area is 172 Å². The van der Waals surface area contributed by atoms with E-state index in [4.69, 9.17) is 22.7 Å². The highest BCUT2D eigenvalue weighted by Gasteiger charge is 2.19. The van der Waals surface area contributed by atoms with Crippen LogP contribution in [0.15, 0.2) is 48.5 Å². The lowest BCUT2D eigenvalue weighted by atomic mass is 10.2. The van der Waals surface area contributed by atoms with Crippen LogP contribution in [0.5, 0.6) is 5.75 Å². The van der Waals surface area contributed by atoms with Crippen molar-refractivity contribution in [3.8, 4) is 22.8 Å². The third-order valence-corrected chi connectivity index (χ3v) is 4.77. The largest absolute Gasteiger partial charge is 0.494 e. The number of hydrogen-bond donors (Lipinski definition) is 2. The molecule has 0 atom stereocenters. The second kappa shape index (κ2) is 7.48. The third-order valence-electron chi connectivity index (χ3n) is 4.49. The summed E-state index contributed by atoms with van der Waals surface area (Å²) in [5.74, 6) is 0.470. The number of nitrogens with zero attached hydrogens (tertiary/aromatic N) is 3. The summed E-state index contributed by atoms with van der Waals surface area (Å²) in [6.07, 6.45) is 0. The van der Waals surface area contributed by atoms with Gasteiger partial charge in [-0.3, -0.25) is 9.36 Å². The average Bonchev–Trinajstić information content (AvgIpc) is 3.04. The molecule has 2 heterocycles. The van der Waals surface area contributed by atoms with E-state index in [1.807, 2.05) is 62.4 Å². The SMILES string of the molecule is CCOc1ccc(-c2nc(C(N)=O)c3[nH]c(=S)n(-c4ccc(C)cc4)c3n2)cc1. The second-order valence-electron chi connectivity index (χ2n) is 6.52. The van der Waals surface area contributed by atoms with Crippen molar-refractivity contribution in [1.82, 2.24) is 19.5 Å². The van der Waals surface area contributed by atoms with E-state index >= 15 is 0 Å². The number of nitrogens with two attached hydrogens (primary N) is 1. The summed E-state index contributed by atoms with van der Waals surface area (Å²) < 4.78 is 7.66. The second-order valence-corrected chi connectivity index (χ2v) is 6.90. The van der Waals surface area contributed by atoms with E-state index in [0.717, 1.165) is 22.6 Å². The normalized spacial score (nSPS) is 11.0. The Kier molecular flexibility index (Phi) is 4.85. The summed E-state index contributed by atoms with van der Waals surface area (Å²) in [6, 6.07) is 15.2. The minimum Gasteiger partial charge on any atom is -0.494 e. The third kappa shape index (κ3) is 3.50. The molecule has 0 bridgehead atoms. The Morgan fingerprint density at radius 1 is 1.14 bits per heavy atom. The van der Waals surface area contributed by atoms with Crippen LogP contribution >= 0.6 is 12.2 Å². The summed E-state index contributed by atoms with van der Waals surface area (Å²) in [4.78, 5) is 24.2. The highest BCUT2D eigenvalue weighted by atomic mass is 32.1. The van der Waals surface area contributed by atoms with Crippen molar-refractivity contribution in [3.05, 3.63) is 64.6 Å². The molecule has 2 aromatic carbocycles. The number of ether oxygens (including phenoxy) is 1. The molecule has 2 aromatic heterocycles. The number of carbonyl (C=O) groups is 1. The average molecular weight is 405 g/mol. The van der Waals surface area contributed by atoms with E-state index in [0.29, 0.717) is 28.4 Å². The number of H-pyrrole nitrogens is 1. The fourth-order valence-electron chi connectivity index (χ4n) is 3.09. The van der Waals surface area contributed by atoms with Gasteiger partial charge in [0, 0.05) is 11.3 Å². The van der Waals surface area contributed by atoms with Crippen LogP contribution in [0.3, 0.4) is 0 Å². The highest BCUT2D eigenvalue weighted by Crippen LogP contribution is 2.25. The number of amides is 1. The van der Waals surface area contributed by atoms with Gasteiger partial charge in [-0.2, -0.15) is 0 Å². The quantitative estimate of drug-likeness (QED) is 0.490. The molecule has 0 saturated heterocycles. The monoisotopic (exact) mass is 405 g/mol. The van der Waals surface area contributed by atoms with Gasteiger partial charge in [0.25, 0.3) is 5.91 Å². The lowest BCUT2D eigenvalue weighted by Gasteiger charge is -2.08. The minimum atomic E-state index is -0.656. The number of aryl methyl sites for hydroxylation is 1. The fourth-order valence-corrected chi connectivity index (χ4v) is 3.39. The van der Waals surface area contributed by atoms with E-state index in [2.05, 4.69) is 15.0 Å². The molecule has 0 unspecified atom stereocenters. The zero-order chi connectivity index (χ0) is 20.5. The molecule has 146 valence electrons. The molecule has 3 N–H and O–H groups in total. The van der Waals surface area contributed by atoms with E-state index < -0.39 is 5.91 Å². The molecule has 0 aliphatic carbocycles. The molecule has 4 aromatic rings. The van der Waals surface area contributed by atoms with Gasteiger partial charge >= 0.3 is 0 Å². The maximum absolute atomic E-state index is 12.1. The van der Waals surface area contributed by atoms with Crippen LogP contribution in [0, 0.1) is 11.7 Å². The predicted octanol–water partition coefficient (Wildman–Crippen LogP) is 3.95. The minimum absolute atomic E-state index is 0.0934. The highest BCUT2D eigenvalue weighted by molar-refractivity contribution is 7.71. The van der Waals surface area contributed by atoms with Crippen LogP contribution in [0.2, 0.25) is 0 Å². The molecule has 4 rings (SSSR count). The molecule has 0 spiro atoms. The van der Waals surface area contributed by atoms with Crippen LogP contribution in [0.4, 0.5) is 0 Å². The van der Waals surface area contributed by atoms with E-state index in [1.54, 1.807) is 4.57 Å². The molecule has 0 fully saturated rings. The van der Waals surface area contributed by atoms with Crippen LogP contribution in [0.1, 0.15) is 23.0 Å². The maximum atomic E-state index is 12.1. The number of hydrogen-bond acceptors (Lipinski definition) is 5. The molecule has 1 amide bonds. The number of primary amides is 1. The van der Waals surface area contributed by atoms with Crippen LogP contribution < -0.4 is 10.5 Å². The van der Waals surface area contributed by atoms with Gasteiger partial charge in [-0.25, -0.2) is 9.97 Å². The van der Waals surface area contributed by atoms with Crippen molar-refractivity contribution in [1.29, 1.82) is 0 Å². The summed E-state index contributed by atoms with van der Waals surface area (Å²) in [5.41, 5.74) is 9.29. The number of aromatic amines is 1. The van der Waals surface area contributed by atoms with E-state index in [1.165, 1.54) is 0 Å². The first kappa shape index (κ1) is 18.8. The van der Waals surface area contributed by atoms with Gasteiger partial charge in [0.1, 0.15) is 11.3 Å². The van der Waals surface area contributed by atoms with Gasteiger partial charge in [-0.05, 0) is 62.5 Å². The molecule has 0 aliphatic heterocycles. The Morgan fingerprint density at radius 2 is 1.83 bits per heavy atom. The molecule has 8 heteroatoms. The van der Waals surface area contributed by atoms with Gasteiger partial charge in [-0.15, -0.1) is 0 Å². The topological polar surface area (TPSA) is 98.8 Å². The fraction of sp³-hybridized carbons (Fsp3) is 0.143. The van der Waals surface area contributed by atoms with E-state index in [-0.39, 0.29) is 5.69 Å². The number of rotatable bonds is 5. The number of carbonyl (C=O) groups excluding carboxylic acids is 1. The van der Waals surface area contributed by atoms with Gasteiger partial charge in [0.2, 0.25) is 0 Å². The van der Waals surface area contributed by atoms with Crippen molar-refractivity contribution < 1.29 is 9.53 Å². The maximum Gasteiger partial charge on any atom is 0.269 e. The van der Waals surface area contributed by atoms with Crippen molar-refractivity contribution in [2.24, 2.45) is 5.73 Å². The number of imidazole rings is 1. The first-order valence-corrected chi connectivity index (χ1v) is 9.51. The zero-order valence-electron chi connectivity index (χ0n) is 16.0. The Balaban J connectivity index is 1.95. The molecular formula is C21H19N5O2S. The van der Waals surface area contributed by atoms with Crippen LogP contribution in [0.25, 0.3) is 28.2 Å². The summed E-state index contributed by atoms with van der Waals surface area (Å²) >= 11 is 5.49. The molecule has 0 saturated carbocycles. The lowest BCUT2D eigenvalue weighted by molar-refractivity contribution is 0.0997. The number of nitrogens with one attached hydrogen (secondary N) is 1. The first-order chi connectivity index (χ1) is 14.0. The Hall–Kier alpha value is -3.52. The van der Waals surface area contributed by atoms with Gasteiger partial charge in [-0.1, -0.05) is 17.7 Å². The van der Waals surface area contributed by atoms with Crippen LogP contribution in [-0.4, -0.2) is 32.0 Å². The van der Waals surface area contributed by atoms with Crippen molar-refractivity contribution in [2.75, 3.05) is 6.61 Å². The van der Waals surface area contributed by atoms with Crippen molar-refractivity contribution in [2.45, 2.75) is 13.8 Å². The predicted molar refractivity (Wildman–Crippen MR) is 114 cm³/mol. The van der Waals surface area contributed by atoms with Crippen molar-refractivity contribution >= 4 is 29.3 Å². The smallest absolute Gasteiger partial charge is 0.269 e. The lowest BCUT2D eigenvalue weighted by Crippen LogP contribution is -2.15. The molecule has 7 nitrogen and oxygen atoms in total. The molecule has 0 aliphatic rings. The summed E-state index contributed by atoms with van der Waals surface area (Å²) in [7, 11) is 0. The zero-order valence-corrected chi connectivity index (χ0v) is 16.8. The molecule has 29 heavy (non-hydrogen) atoms. The molecule has 0 radical (unpaired) electrons. The van der Waals surface area contributed by atoms with Gasteiger partial charge < -0.3 is 15.5 Å². The number of benzene rings is 2. The van der Waals surface area contributed by atoms with E-state index in [9.17, 15) is 4.79 Å². The number of fused-ring (bicyclic) bond motifs is 1. The van der Waals surface area contributed by atoms with Crippen molar-refractivity contribution in [3.63, 3.8) is 0 Å². The van der Waals surface area contributed by atoms with Gasteiger partial charge in [0.15, 0.2) is 21.9 Å². The Bertz CT molecular complexity index is 1260. The standard InChI is InChI=1S/C21H19N5O2S/c1-3-28-15-10-6-13(7-11-15)19-23-16(18(22)27)17-20(25-19)26(21(29)24-17)14-8-4-12(2)5-9-14/h4-11H,3H2,1-2H3,(H2,22,27)(H,24,29). The summed E-state index contributed by atoms with van der Waals surface area (Å²) in [6.45, 7) is 4.51. The summed E-state index contributed by atoms with van der Waals surface area (Å²) in [5, 5.41) is 0. The van der Waals surface area contributed by atoms with Crippen LogP contribution in [-0.2, 0) is 0 Å².